The SMILES string of the molecule is CNc1ccccc1C(=O)N[C@@H]1CCCN(S(=O)(=O)c2cccs2)C1. The standard InChI is InChI=1S/C17H21N3O3S2/c1-18-15-8-3-2-7-14(15)17(21)19-13-6-4-10-20(12-13)25(22,23)16-9-5-11-24-16/h2-3,5,7-9,11,13,18H,4,6,10,12H2,1H3,(H,19,21)/t13-/m1/s1. The van der Waals surface area contributed by atoms with Crippen molar-refractivity contribution in [2.24, 2.45) is 0 Å². The van der Waals surface area contributed by atoms with E-state index in [-0.39, 0.29) is 11.9 Å². The van der Waals surface area contributed by atoms with Gasteiger partial charge in [0.15, 0.2) is 0 Å². The van der Waals surface area contributed by atoms with Crippen molar-refractivity contribution in [2.75, 3.05) is 25.5 Å². The molecule has 1 amide bonds. The van der Waals surface area contributed by atoms with E-state index in [1.54, 1.807) is 30.6 Å². The van der Waals surface area contributed by atoms with E-state index in [9.17, 15) is 13.2 Å². The first kappa shape index (κ1) is 17.9. The van der Waals surface area contributed by atoms with E-state index in [4.69, 9.17) is 0 Å². The number of sulfonamides is 1. The highest BCUT2D eigenvalue weighted by Crippen LogP contribution is 2.24. The lowest BCUT2D eigenvalue weighted by atomic mass is 10.1. The number of thiophene rings is 1. The summed E-state index contributed by atoms with van der Waals surface area (Å²) in [6, 6.07) is 10.4. The molecule has 8 heteroatoms. The monoisotopic (exact) mass is 379 g/mol. The lowest BCUT2D eigenvalue weighted by molar-refractivity contribution is 0.0922. The van der Waals surface area contributed by atoms with E-state index >= 15 is 0 Å². The molecule has 1 aliphatic rings. The van der Waals surface area contributed by atoms with Crippen LogP contribution in [0.1, 0.15) is 23.2 Å². The average molecular weight is 380 g/mol. The van der Waals surface area contributed by atoms with Crippen LogP contribution in [0.3, 0.4) is 0 Å². The molecule has 2 aromatic rings. The van der Waals surface area contributed by atoms with Gasteiger partial charge in [0, 0.05) is 31.9 Å². The van der Waals surface area contributed by atoms with Gasteiger partial charge in [0.25, 0.3) is 15.9 Å². The predicted octanol–water partition coefficient (Wildman–Crippen LogP) is 2.37. The van der Waals surface area contributed by atoms with Crippen LogP contribution in [0.2, 0.25) is 0 Å². The van der Waals surface area contributed by atoms with Crippen molar-refractivity contribution in [3.8, 4) is 0 Å². The number of benzene rings is 1. The molecule has 0 bridgehead atoms. The Balaban J connectivity index is 1.71. The number of hydrogen-bond acceptors (Lipinski definition) is 5. The van der Waals surface area contributed by atoms with Crippen molar-refractivity contribution in [1.29, 1.82) is 0 Å². The maximum Gasteiger partial charge on any atom is 0.253 e. The molecule has 1 aliphatic heterocycles. The van der Waals surface area contributed by atoms with Crippen molar-refractivity contribution < 1.29 is 13.2 Å². The second-order valence-corrected chi connectivity index (χ2v) is 9.02. The molecule has 0 unspecified atom stereocenters. The van der Waals surface area contributed by atoms with Crippen molar-refractivity contribution >= 4 is 33.0 Å². The number of para-hydroxylation sites is 1. The fourth-order valence-electron chi connectivity index (χ4n) is 2.98. The van der Waals surface area contributed by atoms with E-state index < -0.39 is 10.0 Å². The molecule has 134 valence electrons. The first-order valence-corrected chi connectivity index (χ1v) is 10.5. The molecule has 1 saturated heterocycles. The summed E-state index contributed by atoms with van der Waals surface area (Å²) in [4.78, 5) is 12.6. The molecule has 0 aliphatic carbocycles. The van der Waals surface area contributed by atoms with Crippen LogP contribution in [0, 0.1) is 0 Å². The lowest BCUT2D eigenvalue weighted by Gasteiger charge is -2.32. The summed E-state index contributed by atoms with van der Waals surface area (Å²) < 4.78 is 27.1. The molecular formula is C17H21N3O3S2. The Hall–Kier alpha value is -1.90. The van der Waals surface area contributed by atoms with Gasteiger partial charge >= 0.3 is 0 Å². The number of carbonyl (C=O) groups excluding carboxylic acids is 1. The highest BCUT2D eigenvalue weighted by molar-refractivity contribution is 7.91. The Morgan fingerprint density at radius 2 is 2.04 bits per heavy atom. The van der Waals surface area contributed by atoms with E-state index in [0.29, 0.717) is 22.9 Å². The first-order valence-electron chi connectivity index (χ1n) is 8.13. The number of anilines is 1. The van der Waals surface area contributed by atoms with E-state index in [2.05, 4.69) is 10.6 Å². The van der Waals surface area contributed by atoms with Crippen LogP contribution in [0.25, 0.3) is 0 Å². The number of nitrogens with one attached hydrogen (secondary N) is 2. The third kappa shape index (κ3) is 3.86. The molecule has 2 N–H and O–H groups in total. The van der Waals surface area contributed by atoms with Crippen LogP contribution in [0.15, 0.2) is 46.0 Å². The summed E-state index contributed by atoms with van der Waals surface area (Å²) in [5.74, 6) is -0.190. The molecular weight excluding hydrogens is 358 g/mol. The summed E-state index contributed by atoms with van der Waals surface area (Å²) in [6.07, 6.45) is 1.49. The van der Waals surface area contributed by atoms with Gasteiger partial charge in [-0.05, 0) is 36.4 Å². The molecule has 2 heterocycles. The first-order chi connectivity index (χ1) is 12.0. The summed E-state index contributed by atoms with van der Waals surface area (Å²) in [7, 11) is -1.71. The zero-order valence-corrected chi connectivity index (χ0v) is 15.6. The van der Waals surface area contributed by atoms with Crippen LogP contribution in [0.5, 0.6) is 0 Å². The van der Waals surface area contributed by atoms with Crippen molar-refractivity contribution in [2.45, 2.75) is 23.1 Å². The summed E-state index contributed by atoms with van der Waals surface area (Å²) >= 11 is 1.22. The molecule has 6 nitrogen and oxygen atoms in total. The molecule has 3 rings (SSSR count). The summed E-state index contributed by atoms with van der Waals surface area (Å²) in [6.45, 7) is 0.785. The Morgan fingerprint density at radius 3 is 2.76 bits per heavy atom. The highest BCUT2D eigenvalue weighted by Gasteiger charge is 2.31. The Morgan fingerprint density at radius 1 is 1.24 bits per heavy atom. The van der Waals surface area contributed by atoms with Gasteiger partial charge in [-0.2, -0.15) is 4.31 Å². The van der Waals surface area contributed by atoms with E-state index in [0.717, 1.165) is 18.5 Å². The number of nitrogens with zero attached hydrogens (tertiary/aromatic N) is 1. The molecule has 1 aromatic heterocycles. The van der Waals surface area contributed by atoms with Crippen LogP contribution in [0.4, 0.5) is 5.69 Å². The second kappa shape index (κ2) is 7.55. The van der Waals surface area contributed by atoms with Crippen LogP contribution >= 0.6 is 11.3 Å². The number of piperidine rings is 1. The lowest BCUT2D eigenvalue weighted by Crippen LogP contribution is -2.49. The Bertz CT molecular complexity index is 835. The van der Waals surface area contributed by atoms with Gasteiger partial charge in [-0.25, -0.2) is 8.42 Å². The molecule has 1 aromatic carbocycles. The van der Waals surface area contributed by atoms with Crippen molar-refractivity contribution in [3.05, 3.63) is 47.3 Å². The summed E-state index contributed by atoms with van der Waals surface area (Å²) in [5, 5.41) is 7.73. The van der Waals surface area contributed by atoms with Gasteiger partial charge < -0.3 is 10.6 Å². The smallest absolute Gasteiger partial charge is 0.253 e. The summed E-state index contributed by atoms with van der Waals surface area (Å²) in [5.41, 5.74) is 1.31. The zero-order chi connectivity index (χ0) is 17.9. The molecule has 1 fully saturated rings. The molecule has 0 saturated carbocycles. The van der Waals surface area contributed by atoms with Gasteiger partial charge in [-0.15, -0.1) is 11.3 Å². The highest BCUT2D eigenvalue weighted by atomic mass is 32.2. The van der Waals surface area contributed by atoms with E-state index in [1.807, 2.05) is 18.2 Å². The fourth-order valence-corrected chi connectivity index (χ4v) is 5.65. The number of amides is 1. The maximum atomic E-state index is 12.7. The number of hydrogen-bond donors (Lipinski definition) is 2. The molecule has 25 heavy (non-hydrogen) atoms. The largest absolute Gasteiger partial charge is 0.387 e. The number of carbonyl (C=O) groups is 1. The Labute approximate surface area is 151 Å². The zero-order valence-electron chi connectivity index (χ0n) is 13.9. The van der Waals surface area contributed by atoms with Crippen LogP contribution in [-0.2, 0) is 10.0 Å². The topological polar surface area (TPSA) is 78.5 Å². The fraction of sp³-hybridized carbons (Fsp3) is 0.353. The average Bonchev–Trinajstić information content (AvgIpc) is 3.17. The molecule has 0 spiro atoms. The van der Waals surface area contributed by atoms with Crippen LogP contribution in [-0.4, -0.2) is 44.8 Å². The normalized spacial score (nSPS) is 18.7. The minimum absolute atomic E-state index is 0.190. The maximum absolute atomic E-state index is 12.7. The Kier molecular flexibility index (Phi) is 5.41. The number of rotatable bonds is 5. The van der Waals surface area contributed by atoms with Gasteiger partial charge in [0.1, 0.15) is 4.21 Å². The van der Waals surface area contributed by atoms with Gasteiger partial charge in [-0.1, -0.05) is 18.2 Å². The minimum atomic E-state index is -3.48. The molecule has 0 radical (unpaired) electrons. The van der Waals surface area contributed by atoms with Crippen LogP contribution < -0.4 is 10.6 Å². The van der Waals surface area contributed by atoms with Gasteiger partial charge in [0.05, 0.1) is 5.56 Å². The van der Waals surface area contributed by atoms with Crippen molar-refractivity contribution in [1.82, 2.24) is 9.62 Å². The predicted molar refractivity (Wildman–Crippen MR) is 99.6 cm³/mol. The third-order valence-corrected chi connectivity index (χ3v) is 7.49. The molecule has 1 atom stereocenters. The van der Waals surface area contributed by atoms with Gasteiger partial charge in [-0.3, -0.25) is 4.79 Å². The van der Waals surface area contributed by atoms with E-state index in [1.165, 1.54) is 15.6 Å². The second-order valence-electron chi connectivity index (χ2n) is 5.90. The quantitative estimate of drug-likeness (QED) is 0.836. The minimum Gasteiger partial charge on any atom is -0.387 e. The van der Waals surface area contributed by atoms with Gasteiger partial charge in [0.2, 0.25) is 0 Å². The third-order valence-electron chi connectivity index (χ3n) is 4.25. The van der Waals surface area contributed by atoms with Crippen molar-refractivity contribution in [3.63, 3.8) is 0 Å².